The van der Waals surface area contributed by atoms with Crippen LogP contribution < -0.4 is 10.5 Å². The number of ether oxygens (including phenoxy) is 2. The molecular formula is C19H22N4O2. The molecule has 6 heteroatoms. The molecule has 2 aromatic heterocycles. The van der Waals surface area contributed by atoms with Crippen LogP contribution in [0.4, 0.5) is 5.69 Å². The van der Waals surface area contributed by atoms with E-state index in [0.29, 0.717) is 0 Å². The van der Waals surface area contributed by atoms with E-state index in [1.54, 1.807) is 7.11 Å². The predicted molar refractivity (Wildman–Crippen MR) is 97.7 cm³/mol. The standard InChI is InChI=1S/C19H22N4O2/c1-24-16-4-2-3-14(11-16)19-17(13-22-7-9-25-10-8-22)23-12-15(20)5-6-18(23)21-19/h2-6,11-12H,7-10,13,20H2,1H3. The lowest BCUT2D eigenvalue weighted by atomic mass is 10.1. The molecule has 3 heterocycles. The van der Waals surface area contributed by atoms with Gasteiger partial charge in [-0.2, -0.15) is 0 Å². The van der Waals surface area contributed by atoms with Crippen LogP contribution in [0.3, 0.4) is 0 Å². The Bertz CT molecular complexity index is 884. The second kappa shape index (κ2) is 6.74. The van der Waals surface area contributed by atoms with Crippen LogP contribution in [0.5, 0.6) is 5.75 Å². The van der Waals surface area contributed by atoms with Crippen molar-refractivity contribution in [1.29, 1.82) is 0 Å². The number of imidazole rings is 1. The molecule has 0 saturated carbocycles. The SMILES string of the molecule is COc1cccc(-c2nc3ccc(N)cn3c2CN2CCOCC2)c1. The molecule has 1 aromatic carbocycles. The van der Waals surface area contributed by atoms with Gasteiger partial charge in [0.15, 0.2) is 0 Å². The van der Waals surface area contributed by atoms with Gasteiger partial charge in [-0.1, -0.05) is 12.1 Å². The molecular weight excluding hydrogens is 316 g/mol. The molecule has 0 atom stereocenters. The summed E-state index contributed by atoms with van der Waals surface area (Å²) in [6.07, 6.45) is 1.95. The normalized spacial score (nSPS) is 15.6. The molecule has 1 aliphatic heterocycles. The zero-order valence-corrected chi connectivity index (χ0v) is 14.3. The minimum absolute atomic E-state index is 0.727. The summed E-state index contributed by atoms with van der Waals surface area (Å²) in [4.78, 5) is 7.25. The van der Waals surface area contributed by atoms with Gasteiger partial charge in [-0.15, -0.1) is 0 Å². The topological polar surface area (TPSA) is 65.0 Å². The number of hydrogen-bond donors (Lipinski definition) is 1. The Morgan fingerprint density at radius 1 is 1.20 bits per heavy atom. The summed E-state index contributed by atoms with van der Waals surface area (Å²) in [5.74, 6) is 0.825. The Hall–Kier alpha value is -2.57. The minimum Gasteiger partial charge on any atom is -0.497 e. The molecule has 25 heavy (non-hydrogen) atoms. The summed E-state index contributed by atoms with van der Waals surface area (Å²) in [6, 6.07) is 11.9. The summed E-state index contributed by atoms with van der Waals surface area (Å²) in [7, 11) is 1.68. The van der Waals surface area contributed by atoms with Crippen LogP contribution in [-0.2, 0) is 11.3 Å². The number of morpholine rings is 1. The van der Waals surface area contributed by atoms with E-state index in [1.165, 1.54) is 0 Å². The van der Waals surface area contributed by atoms with E-state index < -0.39 is 0 Å². The Balaban J connectivity index is 1.82. The van der Waals surface area contributed by atoms with Crippen molar-refractivity contribution < 1.29 is 9.47 Å². The molecule has 2 N–H and O–H groups in total. The van der Waals surface area contributed by atoms with Gasteiger partial charge in [0.2, 0.25) is 0 Å². The number of fused-ring (bicyclic) bond motifs is 1. The molecule has 0 spiro atoms. The maximum atomic E-state index is 6.02. The van der Waals surface area contributed by atoms with Gasteiger partial charge >= 0.3 is 0 Å². The molecule has 3 aromatic rings. The molecule has 0 bridgehead atoms. The first-order valence-corrected chi connectivity index (χ1v) is 8.45. The second-order valence-electron chi connectivity index (χ2n) is 6.22. The summed E-state index contributed by atoms with van der Waals surface area (Å²) >= 11 is 0. The molecule has 6 nitrogen and oxygen atoms in total. The van der Waals surface area contributed by atoms with E-state index in [4.69, 9.17) is 20.2 Å². The van der Waals surface area contributed by atoms with E-state index in [9.17, 15) is 0 Å². The third-order valence-corrected chi connectivity index (χ3v) is 4.56. The maximum Gasteiger partial charge on any atom is 0.137 e. The van der Waals surface area contributed by atoms with E-state index in [1.807, 2.05) is 36.5 Å². The quantitative estimate of drug-likeness (QED) is 0.791. The van der Waals surface area contributed by atoms with Crippen LogP contribution in [0, 0.1) is 0 Å². The fourth-order valence-electron chi connectivity index (χ4n) is 3.23. The molecule has 1 saturated heterocycles. The minimum atomic E-state index is 0.727. The number of rotatable bonds is 4. The van der Waals surface area contributed by atoms with Crippen molar-refractivity contribution in [3.63, 3.8) is 0 Å². The number of methoxy groups -OCH3 is 1. The highest BCUT2D eigenvalue weighted by Gasteiger charge is 2.19. The lowest BCUT2D eigenvalue weighted by Gasteiger charge is -2.26. The van der Waals surface area contributed by atoms with Crippen molar-refractivity contribution in [2.45, 2.75) is 6.54 Å². The van der Waals surface area contributed by atoms with Crippen LogP contribution in [0.25, 0.3) is 16.9 Å². The first kappa shape index (κ1) is 15.9. The smallest absolute Gasteiger partial charge is 0.137 e. The van der Waals surface area contributed by atoms with Gasteiger partial charge in [-0.3, -0.25) is 4.90 Å². The van der Waals surface area contributed by atoms with Crippen LogP contribution >= 0.6 is 0 Å². The lowest BCUT2D eigenvalue weighted by Crippen LogP contribution is -2.36. The Labute approximate surface area is 146 Å². The van der Waals surface area contributed by atoms with Gasteiger partial charge in [-0.05, 0) is 24.3 Å². The number of benzene rings is 1. The van der Waals surface area contributed by atoms with E-state index >= 15 is 0 Å². The van der Waals surface area contributed by atoms with Crippen LogP contribution in [0.15, 0.2) is 42.6 Å². The first-order chi connectivity index (χ1) is 12.2. The Morgan fingerprint density at radius 2 is 2.04 bits per heavy atom. The van der Waals surface area contributed by atoms with Crippen LogP contribution in [-0.4, -0.2) is 47.7 Å². The zero-order valence-electron chi connectivity index (χ0n) is 14.3. The zero-order chi connectivity index (χ0) is 17.2. The van der Waals surface area contributed by atoms with Crippen molar-refractivity contribution in [2.75, 3.05) is 39.1 Å². The number of anilines is 1. The van der Waals surface area contributed by atoms with Crippen molar-refractivity contribution in [1.82, 2.24) is 14.3 Å². The molecule has 4 rings (SSSR count). The van der Waals surface area contributed by atoms with E-state index in [0.717, 1.165) is 66.9 Å². The monoisotopic (exact) mass is 338 g/mol. The molecule has 0 radical (unpaired) electrons. The summed E-state index contributed by atoms with van der Waals surface area (Å²) < 4.78 is 12.9. The molecule has 1 aliphatic rings. The number of nitrogen functional groups attached to an aromatic ring is 1. The highest BCUT2D eigenvalue weighted by Crippen LogP contribution is 2.29. The summed E-state index contributed by atoms with van der Waals surface area (Å²) in [6.45, 7) is 4.20. The fourth-order valence-corrected chi connectivity index (χ4v) is 3.23. The van der Waals surface area contributed by atoms with Crippen molar-refractivity contribution >= 4 is 11.3 Å². The maximum absolute atomic E-state index is 6.02. The van der Waals surface area contributed by atoms with Gasteiger partial charge < -0.3 is 19.6 Å². The highest BCUT2D eigenvalue weighted by atomic mass is 16.5. The Morgan fingerprint density at radius 3 is 2.84 bits per heavy atom. The van der Waals surface area contributed by atoms with Gasteiger partial charge in [-0.25, -0.2) is 4.98 Å². The van der Waals surface area contributed by atoms with E-state index in [2.05, 4.69) is 15.4 Å². The second-order valence-corrected chi connectivity index (χ2v) is 6.22. The number of nitrogens with zero attached hydrogens (tertiary/aromatic N) is 3. The van der Waals surface area contributed by atoms with Gasteiger partial charge in [0.1, 0.15) is 11.4 Å². The third-order valence-electron chi connectivity index (χ3n) is 4.56. The number of pyridine rings is 1. The van der Waals surface area contributed by atoms with Gasteiger partial charge in [0, 0.05) is 37.1 Å². The molecule has 0 unspecified atom stereocenters. The third kappa shape index (κ3) is 3.18. The number of hydrogen-bond acceptors (Lipinski definition) is 5. The van der Waals surface area contributed by atoms with Crippen molar-refractivity contribution in [3.05, 3.63) is 48.3 Å². The molecule has 0 aliphatic carbocycles. The van der Waals surface area contributed by atoms with Crippen LogP contribution in [0.2, 0.25) is 0 Å². The molecule has 130 valence electrons. The summed E-state index contributed by atoms with van der Waals surface area (Å²) in [5.41, 5.74) is 10.8. The van der Waals surface area contributed by atoms with E-state index in [-0.39, 0.29) is 0 Å². The average Bonchev–Trinajstić information content (AvgIpc) is 3.00. The van der Waals surface area contributed by atoms with Gasteiger partial charge in [0.25, 0.3) is 0 Å². The van der Waals surface area contributed by atoms with Crippen LogP contribution in [0.1, 0.15) is 5.69 Å². The van der Waals surface area contributed by atoms with Gasteiger partial charge in [0.05, 0.1) is 31.7 Å². The Kier molecular flexibility index (Phi) is 4.29. The van der Waals surface area contributed by atoms with Crippen molar-refractivity contribution in [2.24, 2.45) is 0 Å². The number of aromatic nitrogens is 2. The predicted octanol–water partition coefficient (Wildman–Crippen LogP) is 2.42. The highest BCUT2D eigenvalue weighted by molar-refractivity contribution is 5.68. The average molecular weight is 338 g/mol. The first-order valence-electron chi connectivity index (χ1n) is 8.45. The number of nitrogens with two attached hydrogens (primary N) is 1. The molecule has 1 fully saturated rings. The summed E-state index contributed by atoms with van der Waals surface area (Å²) in [5, 5.41) is 0. The van der Waals surface area contributed by atoms with Crippen molar-refractivity contribution in [3.8, 4) is 17.0 Å². The molecule has 0 amide bonds. The fraction of sp³-hybridized carbons (Fsp3) is 0.316. The lowest BCUT2D eigenvalue weighted by molar-refractivity contribution is 0.0336. The largest absolute Gasteiger partial charge is 0.497 e.